The molecule has 1 fully saturated rings. The number of nitrogens with two attached hydrogens (primary N) is 1. The molecule has 3 N–H and O–H groups in total. The van der Waals surface area contributed by atoms with Gasteiger partial charge in [-0.15, -0.1) is 0 Å². The van der Waals surface area contributed by atoms with Crippen LogP contribution in [0.2, 0.25) is 0 Å². The van der Waals surface area contributed by atoms with Gasteiger partial charge in [-0.1, -0.05) is 52.0 Å². The van der Waals surface area contributed by atoms with Crippen molar-refractivity contribution in [3.05, 3.63) is 29.8 Å². The number of nitrogens with one attached hydrogen (secondary N) is 1. The molecule has 0 spiro atoms. The van der Waals surface area contributed by atoms with Gasteiger partial charge >= 0.3 is 0 Å². The van der Waals surface area contributed by atoms with Gasteiger partial charge in [-0.05, 0) is 28.9 Å². The highest BCUT2D eigenvalue weighted by Gasteiger charge is 2.64. The Hall–Kier alpha value is -0.980. The van der Waals surface area contributed by atoms with E-state index in [1.807, 2.05) is 0 Å². The van der Waals surface area contributed by atoms with Crippen LogP contribution in [0.5, 0.6) is 0 Å². The molecular weight excluding hydrogens is 304 g/mol. The number of hydrogen-bond donors (Lipinski definition) is 2. The van der Waals surface area contributed by atoms with Crippen LogP contribution in [0.3, 0.4) is 0 Å². The molecule has 0 amide bonds. The lowest BCUT2D eigenvalue weighted by molar-refractivity contribution is 0.457. The Bertz CT molecular complexity index is 665. The fourth-order valence-electron chi connectivity index (χ4n) is 2.94. The molecule has 2 rings (SSSR count). The van der Waals surface area contributed by atoms with E-state index in [4.69, 9.17) is 18.0 Å². The molecule has 1 aliphatic carbocycles. The van der Waals surface area contributed by atoms with Gasteiger partial charge in [0.25, 0.3) is 0 Å². The maximum absolute atomic E-state index is 12.4. The summed E-state index contributed by atoms with van der Waals surface area (Å²) in [4.78, 5) is 0.389. The van der Waals surface area contributed by atoms with Gasteiger partial charge in [0.05, 0.1) is 4.90 Å². The number of sulfonamides is 1. The Kier molecular flexibility index (Phi) is 3.93. The molecule has 116 valence electrons. The van der Waals surface area contributed by atoms with Crippen LogP contribution in [-0.2, 0) is 10.0 Å². The van der Waals surface area contributed by atoms with Gasteiger partial charge in [0, 0.05) is 12.1 Å². The van der Waals surface area contributed by atoms with Crippen LogP contribution in [0.1, 0.15) is 33.3 Å². The molecule has 0 bridgehead atoms. The van der Waals surface area contributed by atoms with E-state index >= 15 is 0 Å². The van der Waals surface area contributed by atoms with Crippen molar-refractivity contribution in [1.29, 1.82) is 0 Å². The fourth-order valence-corrected chi connectivity index (χ4v) is 4.16. The van der Waals surface area contributed by atoms with Crippen molar-refractivity contribution in [3.8, 4) is 0 Å². The van der Waals surface area contributed by atoms with Crippen LogP contribution in [-0.4, -0.2) is 20.0 Å². The molecule has 0 unspecified atom stereocenters. The molecule has 6 heteroatoms. The lowest BCUT2D eigenvalue weighted by Crippen LogP contribution is -2.27. The molecule has 0 atom stereocenters. The zero-order chi connectivity index (χ0) is 16.1. The summed E-state index contributed by atoms with van der Waals surface area (Å²) in [5, 5.41) is 0. The molecular formula is C15H22N2O2S2. The van der Waals surface area contributed by atoms with Crippen molar-refractivity contribution in [2.24, 2.45) is 22.5 Å². The smallest absolute Gasteiger partial charge is 0.240 e. The number of thiocarbonyl (C=S) groups is 1. The first kappa shape index (κ1) is 16.4. The molecule has 0 aliphatic heterocycles. The SMILES string of the molecule is CC1(C)C(CNS(=O)(=O)c2cccc(C(N)=S)c2)C1(C)C. The predicted molar refractivity (Wildman–Crippen MR) is 88.6 cm³/mol. The first-order chi connectivity index (χ1) is 9.50. The summed E-state index contributed by atoms with van der Waals surface area (Å²) in [6, 6.07) is 6.41. The molecule has 1 aliphatic rings. The fraction of sp³-hybridized carbons (Fsp3) is 0.533. The highest BCUT2D eigenvalue weighted by atomic mass is 32.2. The van der Waals surface area contributed by atoms with Gasteiger partial charge in [-0.2, -0.15) is 0 Å². The van der Waals surface area contributed by atoms with Crippen molar-refractivity contribution in [2.45, 2.75) is 32.6 Å². The van der Waals surface area contributed by atoms with Crippen LogP contribution in [0.4, 0.5) is 0 Å². The van der Waals surface area contributed by atoms with Crippen LogP contribution in [0.15, 0.2) is 29.2 Å². The Balaban J connectivity index is 2.13. The summed E-state index contributed by atoms with van der Waals surface area (Å²) in [7, 11) is -3.54. The Morgan fingerprint density at radius 2 is 1.86 bits per heavy atom. The van der Waals surface area contributed by atoms with E-state index in [1.54, 1.807) is 18.2 Å². The molecule has 0 saturated heterocycles. The van der Waals surface area contributed by atoms with E-state index in [9.17, 15) is 8.42 Å². The summed E-state index contributed by atoms with van der Waals surface area (Å²) in [6.45, 7) is 9.11. The quantitative estimate of drug-likeness (QED) is 0.814. The van der Waals surface area contributed by atoms with Gasteiger partial charge in [-0.25, -0.2) is 13.1 Å². The first-order valence-electron chi connectivity index (χ1n) is 6.89. The van der Waals surface area contributed by atoms with E-state index < -0.39 is 10.0 Å². The minimum atomic E-state index is -3.54. The predicted octanol–water partition coefficient (Wildman–Crippen LogP) is 2.28. The summed E-state index contributed by atoms with van der Waals surface area (Å²) in [6.07, 6.45) is 0. The highest BCUT2D eigenvalue weighted by Crippen LogP contribution is 2.67. The maximum atomic E-state index is 12.4. The van der Waals surface area contributed by atoms with Crippen LogP contribution in [0, 0.1) is 16.7 Å². The molecule has 0 heterocycles. The standard InChI is InChI=1S/C15H22N2O2S2/c1-14(2)12(15(14,3)4)9-17-21(18,19)11-7-5-6-10(8-11)13(16)20/h5-8,12,17H,9H2,1-4H3,(H2,16,20). The topological polar surface area (TPSA) is 72.2 Å². The third-order valence-corrected chi connectivity index (χ3v) is 6.88. The van der Waals surface area contributed by atoms with Gasteiger partial charge in [0.15, 0.2) is 0 Å². The van der Waals surface area contributed by atoms with Crippen LogP contribution >= 0.6 is 12.2 Å². The Morgan fingerprint density at radius 3 is 2.33 bits per heavy atom. The van der Waals surface area contributed by atoms with E-state index in [-0.39, 0.29) is 20.7 Å². The second kappa shape index (κ2) is 5.04. The maximum Gasteiger partial charge on any atom is 0.240 e. The third kappa shape index (κ3) is 2.84. The molecule has 1 saturated carbocycles. The van der Waals surface area contributed by atoms with Crippen molar-refractivity contribution >= 4 is 27.2 Å². The van der Waals surface area contributed by atoms with Crippen LogP contribution < -0.4 is 10.5 Å². The molecule has 1 aromatic carbocycles. The molecule has 0 aromatic heterocycles. The van der Waals surface area contributed by atoms with Gasteiger partial charge in [-0.3, -0.25) is 0 Å². The lowest BCUT2D eigenvalue weighted by Gasteiger charge is -2.09. The van der Waals surface area contributed by atoms with Crippen LogP contribution in [0.25, 0.3) is 0 Å². The number of rotatable bonds is 5. The zero-order valence-electron chi connectivity index (χ0n) is 12.8. The van der Waals surface area contributed by atoms with Crippen molar-refractivity contribution in [2.75, 3.05) is 6.54 Å². The van der Waals surface area contributed by atoms with Gasteiger partial charge in [0.2, 0.25) is 10.0 Å². The minimum Gasteiger partial charge on any atom is -0.389 e. The summed E-state index contributed by atoms with van der Waals surface area (Å²) in [5.74, 6) is 0.332. The van der Waals surface area contributed by atoms with Gasteiger partial charge < -0.3 is 5.73 Å². The molecule has 0 radical (unpaired) electrons. The molecule has 21 heavy (non-hydrogen) atoms. The van der Waals surface area contributed by atoms with Gasteiger partial charge in [0.1, 0.15) is 4.99 Å². The van der Waals surface area contributed by atoms with Crippen molar-refractivity contribution < 1.29 is 8.42 Å². The average Bonchev–Trinajstić information content (AvgIpc) is 2.77. The second-order valence-electron chi connectivity index (χ2n) is 6.74. The molecule has 1 aromatic rings. The average molecular weight is 326 g/mol. The van der Waals surface area contributed by atoms with E-state index in [2.05, 4.69) is 32.4 Å². The largest absolute Gasteiger partial charge is 0.389 e. The minimum absolute atomic E-state index is 0.149. The van der Waals surface area contributed by atoms with Crippen molar-refractivity contribution in [3.63, 3.8) is 0 Å². The Morgan fingerprint density at radius 1 is 1.29 bits per heavy atom. The Labute approximate surface area is 132 Å². The third-order valence-electron chi connectivity index (χ3n) is 5.23. The van der Waals surface area contributed by atoms with Crippen molar-refractivity contribution in [1.82, 2.24) is 4.72 Å². The summed E-state index contributed by atoms with van der Waals surface area (Å²) in [5.41, 5.74) is 6.40. The lowest BCUT2D eigenvalue weighted by atomic mass is 10.0. The zero-order valence-corrected chi connectivity index (χ0v) is 14.4. The van der Waals surface area contributed by atoms with E-state index in [0.29, 0.717) is 18.0 Å². The van der Waals surface area contributed by atoms with E-state index in [0.717, 1.165) is 0 Å². The summed E-state index contributed by atoms with van der Waals surface area (Å²) >= 11 is 4.88. The number of hydrogen-bond acceptors (Lipinski definition) is 3. The second-order valence-corrected chi connectivity index (χ2v) is 8.95. The normalized spacial score (nSPS) is 20.2. The monoisotopic (exact) mass is 326 g/mol. The van der Waals surface area contributed by atoms with E-state index in [1.165, 1.54) is 6.07 Å². The first-order valence-corrected chi connectivity index (χ1v) is 8.79. The number of benzene rings is 1. The summed E-state index contributed by atoms with van der Waals surface area (Å²) < 4.78 is 27.4. The molecule has 4 nitrogen and oxygen atoms in total. The highest BCUT2D eigenvalue weighted by molar-refractivity contribution is 7.89.